The second-order valence-corrected chi connectivity index (χ2v) is 10.8. The molecule has 0 saturated carbocycles. The molecule has 2 aromatic heterocycles. The van der Waals surface area contributed by atoms with Crippen LogP contribution in [0.1, 0.15) is 35.1 Å². The first-order valence-electron chi connectivity index (χ1n) is 13.5. The normalized spacial score (nSPS) is 24.5. The summed E-state index contributed by atoms with van der Waals surface area (Å²) in [6.07, 6.45) is 4.91. The molecule has 0 spiro atoms. The van der Waals surface area contributed by atoms with E-state index in [0.29, 0.717) is 24.5 Å². The fourth-order valence-electron chi connectivity index (χ4n) is 6.83. The smallest absolute Gasteiger partial charge is 0.246 e. The van der Waals surface area contributed by atoms with Crippen LogP contribution in [-0.2, 0) is 22.6 Å². The monoisotopic (exact) mass is 524 g/mol. The Morgan fingerprint density at radius 1 is 1.08 bits per heavy atom. The second-order valence-electron chi connectivity index (χ2n) is 10.8. The number of H-pyrrole nitrogens is 2. The van der Waals surface area contributed by atoms with Crippen LogP contribution in [0.2, 0.25) is 0 Å². The van der Waals surface area contributed by atoms with Gasteiger partial charge in [-0.25, -0.2) is 4.98 Å². The zero-order chi connectivity index (χ0) is 26.1. The third-order valence-electron chi connectivity index (χ3n) is 8.62. The van der Waals surface area contributed by atoms with Crippen LogP contribution in [0.4, 0.5) is 0 Å². The lowest BCUT2D eigenvalue weighted by Crippen LogP contribution is -2.65. The number of aromatic amines is 2. The molecule has 198 valence electrons. The van der Waals surface area contributed by atoms with E-state index in [1.54, 1.807) is 6.20 Å². The highest BCUT2D eigenvalue weighted by Gasteiger charge is 2.50. The lowest BCUT2D eigenvalue weighted by atomic mass is 9.85. The summed E-state index contributed by atoms with van der Waals surface area (Å²) in [5, 5.41) is 1.10. The molecular formula is C29H28N6O4. The molecule has 10 nitrogen and oxygen atoms in total. The number of hydrogen-bond acceptors (Lipinski definition) is 6. The van der Waals surface area contributed by atoms with E-state index in [4.69, 9.17) is 9.47 Å². The van der Waals surface area contributed by atoms with Gasteiger partial charge in [0.1, 0.15) is 18.4 Å². The molecule has 0 unspecified atom stereocenters. The summed E-state index contributed by atoms with van der Waals surface area (Å²) in [6, 6.07) is 13.0. The fraction of sp³-hybridized carbons (Fsp3) is 0.345. The molecule has 39 heavy (non-hydrogen) atoms. The number of aromatic nitrogens is 3. The van der Waals surface area contributed by atoms with Gasteiger partial charge in [0.05, 0.1) is 12.6 Å². The summed E-state index contributed by atoms with van der Waals surface area (Å²) in [6.45, 7) is 2.57. The Bertz CT molecular complexity index is 1600. The van der Waals surface area contributed by atoms with E-state index in [-0.39, 0.29) is 31.2 Å². The predicted octanol–water partition coefficient (Wildman–Crippen LogP) is 2.58. The first-order chi connectivity index (χ1) is 19.1. The van der Waals surface area contributed by atoms with Gasteiger partial charge in [0, 0.05) is 54.5 Å². The van der Waals surface area contributed by atoms with E-state index in [1.165, 1.54) is 0 Å². The average Bonchev–Trinajstić information content (AvgIpc) is 3.76. The van der Waals surface area contributed by atoms with Gasteiger partial charge in [0.2, 0.25) is 18.6 Å². The quantitative estimate of drug-likeness (QED) is 0.425. The Labute approximate surface area is 224 Å². The molecule has 6 heterocycles. The minimum absolute atomic E-state index is 0.00641. The molecular weight excluding hydrogens is 496 g/mol. The molecule has 2 N–H and O–H groups in total. The molecule has 2 saturated heterocycles. The summed E-state index contributed by atoms with van der Waals surface area (Å²) >= 11 is 0. The summed E-state index contributed by atoms with van der Waals surface area (Å²) in [7, 11) is 0. The summed E-state index contributed by atoms with van der Waals surface area (Å²) in [4.78, 5) is 45.2. The lowest BCUT2D eigenvalue weighted by Gasteiger charge is -2.48. The highest BCUT2D eigenvalue weighted by Crippen LogP contribution is 2.45. The first kappa shape index (κ1) is 22.7. The number of carbonyl (C=O) groups excluding carboxylic acids is 2. The number of fused-ring (bicyclic) bond motifs is 5. The standard InChI is InChI=1S/C29H28N6O4/c36-26-15-34(18-7-10-33(13-18)14-25-30-8-9-31-25)29(37)22-12-20-19-3-1-2-4-21(19)32-27(20)28(35(22)26)17-5-6-23-24(11-17)39-16-38-23/h1-6,8-9,11,18,22,28,32H,7,10,12-16H2,(H,30,31)/t18-,22-,28-/m1/s1. The number of carbonyl (C=O) groups is 2. The molecule has 0 bridgehead atoms. The molecule has 0 aliphatic carbocycles. The van der Waals surface area contributed by atoms with Gasteiger partial charge in [-0.05, 0) is 35.7 Å². The molecule has 10 heteroatoms. The minimum atomic E-state index is -0.562. The van der Waals surface area contributed by atoms with E-state index in [0.717, 1.165) is 53.1 Å². The highest BCUT2D eigenvalue weighted by atomic mass is 16.7. The van der Waals surface area contributed by atoms with Crippen LogP contribution in [0.3, 0.4) is 0 Å². The van der Waals surface area contributed by atoms with Crippen LogP contribution in [0.5, 0.6) is 11.5 Å². The number of imidazole rings is 1. The van der Waals surface area contributed by atoms with Gasteiger partial charge in [-0.2, -0.15) is 0 Å². The number of hydrogen-bond donors (Lipinski definition) is 2. The second kappa shape index (κ2) is 8.60. The number of benzene rings is 2. The van der Waals surface area contributed by atoms with Gasteiger partial charge in [-0.3, -0.25) is 14.5 Å². The topological polar surface area (TPSA) is 107 Å². The van der Waals surface area contributed by atoms with Crippen LogP contribution in [0.15, 0.2) is 54.9 Å². The predicted molar refractivity (Wildman–Crippen MR) is 141 cm³/mol. The van der Waals surface area contributed by atoms with E-state index in [1.807, 2.05) is 52.4 Å². The van der Waals surface area contributed by atoms with Gasteiger partial charge in [0.15, 0.2) is 11.5 Å². The van der Waals surface area contributed by atoms with Crippen LogP contribution < -0.4 is 9.47 Å². The fourth-order valence-corrected chi connectivity index (χ4v) is 6.83. The van der Waals surface area contributed by atoms with Crippen LogP contribution in [-0.4, -0.2) is 80.0 Å². The van der Waals surface area contributed by atoms with Crippen molar-refractivity contribution in [1.82, 2.24) is 29.7 Å². The Balaban J connectivity index is 1.16. The van der Waals surface area contributed by atoms with E-state index in [9.17, 15) is 9.59 Å². The van der Waals surface area contributed by atoms with Gasteiger partial charge in [0.25, 0.3) is 0 Å². The molecule has 0 radical (unpaired) electrons. The van der Waals surface area contributed by atoms with E-state index in [2.05, 4.69) is 25.9 Å². The third-order valence-corrected chi connectivity index (χ3v) is 8.62. The molecule has 8 rings (SSSR count). The maximum Gasteiger partial charge on any atom is 0.246 e. The van der Waals surface area contributed by atoms with Gasteiger partial charge < -0.3 is 29.2 Å². The maximum atomic E-state index is 14.2. The number of para-hydroxylation sites is 1. The van der Waals surface area contributed by atoms with Crippen molar-refractivity contribution in [1.29, 1.82) is 0 Å². The van der Waals surface area contributed by atoms with Crippen molar-refractivity contribution in [3.8, 4) is 11.5 Å². The van der Waals surface area contributed by atoms with Crippen LogP contribution in [0, 0.1) is 0 Å². The SMILES string of the molecule is O=C1[C@H]2Cc3c([nH]c4ccccc34)[C@@H](c3ccc4c(c3)OCO4)N2C(=O)CN1[C@@H]1CCN(Cc2ncc[nH]2)C1. The van der Waals surface area contributed by atoms with Crippen molar-refractivity contribution >= 4 is 22.7 Å². The molecule has 4 aliphatic heterocycles. The van der Waals surface area contributed by atoms with Crippen molar-refractivity contribution in [2.75, 3.05) is 26.4 Å². The Hall–Kier alpha value is -4.31. The summed E-state index contributed by atoms with van der Waals surface area (Å²) < 4.78 is 11.2. The molecule has 2 fully saturated rings. The Morgan fingerprint density at radius 3 is 2.87 bits per heavy atom. The van der Waals surface area contributed by atoms with Gasteiger partial charge >= 0.3 is 0 Å². The van der Waals surface area contributed by atoms with Gasteiger partial charge in [-0.1, -0.05) is 24.3 Å². The maximum absolute atomic E-state index is 14.2. The average molecular weight is 525 g/mol. The van der Waals surface area contributed by atoms with Crippen molar-refractivity contribution in [2.24, 2.45) is 0 Å². The van der Waals surface area contributed by atoms with Crippen molar-refractivity contribution in [2.45, 2.75) is 37.5 Å². The number of piperazine rings is 1. The van der Waals surface area contributed by atoms with Crippen molar-refractivity contribution in [3.63, 3.8) is 0 Å². The largest absolute Gasteiger partial charge is 0.454 e. The number of ether oxygens (including phenoxy) is 2. The molecule has 2 amide bonds. The van der Waals surface area contributed by atoms with Crippen LogP contribution in [0.25, 0.3) is 10.9 Å². The number of likely N-dealkylation sites (tertiary alicyclic amines) is 1. The van der Waals surface area contributed by atoms with Crippen LogP contribution >= 0.6 is 0 Å². The molecule has 2 aromatic carbocycles. The first-order valence-corrected chi connectivity index (χ1v) is 13.5. The van der Waals surface area contributed by atoms with Gasteiger partial charge in [-0.15, -0.1) is 0 Å². The zero-order valence-corrected chi connectivity index (χ0v) is 21.3. The zero-order valence-electron chi connectivity index (χ0n) is 21.3. The Morgan fingerprint density at radius 2 is 1.97 bits per heavy atom. The van der Waals surface area contributed by atoms with E-state index < -0.39 is 12.1 Å². The third kappa shape index (κ3) is 3.55. The number of nitrogens with zero attached hydrogens (tertiary/aromatic N) is 4. The summed E-state index contributed by atoms with van der Waals surface area (Å²) in [5.74, 6) is 2.26. The number of nitrogens with one attached hydrogen (secondary N) is 2. The van der Waals surface area contributed by atoms with Crippen molar-refractivity contribution in [3.05, 3.63) is 77.5 Å². The number of amides is 2. The van der Waals surface area contributed by atoms with Crippen molar-refractivity contribution < 1.29 is 19.1 Å². The van der Waals surface area contributed by atoms with E-state index >= 15 is 0 Å². The minimum Gasteiger partial charge on any atom is -0.454 e. The summed E-state index contributed by atoms with van der Waals surface area (Å²) in [5.41, 5.74) is 3.97. The highest BCUT2D eigenvalue weighted by molar-refractivity contribution is 5.98. The molecule has 3 atom stereocenters. The molecule has 4 aliphatic rings. The molecule has 4 aromatic rings. The Kier molecular flexibility index (Phi) is 5.00. The number of rotatable bonds is 4. The lowest BCUT2D eigenvalue weighted by molar-refractivity contribution is -0.160.